The Hall–Kier alpha value is -1.32. The monoisotopic (exact) mass is 240 g/mol. The molecule has 0 bridgehead atoms. The average Bonchev–Trinajstić information content (AvgIpc) is 2.13. The molecule has 0 aliphatic rings. The van der Waals surface area contributed by atoms with Gasteiger partial charge in [-0.1, -0.05) is 20.4 Å². The van der Waals surface area contributed by atoms with Gasteiger partial charge in [0.1, 0.15) is 6.04 Å². The van der Waals surface area contributed by atoms with Gasteiger partial charge in [-0.3, -0.25) is 9.59 Å². The van der Waals surface area contributed by atoms with E-state index in [1.807, 2.05) is 34.6 Å². The summed E-state index contributed by atoms with van der Waals surface area (Å²) in [5, 5.41) is 5.52. The molecule has 1 atom stereocenters. The maximum Gasteiger partial charge on any atom is 0.244 e. The van der Waals surface area contributed by atoms with Crippen LogP contribution in [0.4, 0.5) is 0 Å². The van der Waals surface area contributed by atoms with E-state index in [2.05, 4.69) is 17.2 Å². The van der Waals surface area contributed by atoms with Crippen molar-refractivity contribution in [3.63, 3.8) is 0 Å². The van der Waals surface area contributed by atoms with Crippen LogP contribution in [0.2, 0.25) is 0 Å². The topological polar surface area (TPSA) is 58.2 Å². The first kappa shape index (κ1) is 15.7. The lowest BCUT2D eigenvalue weighted by Gasteiger charge is -2.26. The predicted molar refractivity (Wildman–Crippen MR) is 69.5 cm³/mol. The summed E-state index contributed by atoms with van der Waals surface area (Å²) in [6.45, 7) is 13.1. The number of amides is 2. The molecule has 4 heteroatoms. The summed E-state index contributed by atoms with van der Waals surface area (Å²) in [6.07, 6.45) is 1.79. The number of nitrogens with one attached hydrogen (secondary N) is 2. The molecule has 0 aromatic carbocycles. The molecule has 0 radical (unpaired) electrons. The molecule has 98 valence electrons. The van der Waals surface area contributed by atoms with Gasteiger partial charge in [0.05, 0.1) is 0 Å². The van der Waals surface area contributed by atoms with Crippen molar-refractivity contribution in [3.8, 4) is 0 Å². The molecular weight excluding hydrogens is 216 g/mol. The van der Waals surface area contributed by atoms with Crippen LogP contribution in [0.25, 0.3) is 0 Å². The van der Waals surface area contributed by atoms with Crippen molar-refractivity contribution in [1.82, 2.24) is 10.6 Å². The molecule has 0 saturated carbocycles. The van der Waals surface area contributed by atoms with Crippen LogP contribution < -0.4 is 10.6 Å². The Bertz CT molecular complexity index is 290. The van der Waals surface area contributed by atoms with Gasteiger partial charge in [-0.05, 0) is 39.2 Å². The molecule has 2 N–H and O–H groups in total. The van der Waals surface area contributed by atoms with E-state index in [4.69, 9.17) is 0 Å². The van der Waals surface area contributed by atoms with Crippen molar-refractivity contribution in [3.05, 3.63) is 12.7 Å². The smallest absolute Gasteiger partial charge is 0.244 e. The van der Waals surface area contributed by atoms with Crippen molar-refractivity contribution in [1.29, 1.82) is 0 Å². The average molecular weight is 240 g/mol. The predicted octanol–water partition coefficient (Wildman–Crippen LogP) is 1.62. The van der Waals surface area contributed by atoms with E-state index >= 15 is 0 Å². The van der Waals surface area contributed by atoms with Crippen LogP contribution in [-0.4, -0.2) is 23.4 Å². The third-order valence-corrected chi connectivity index (χ3v) is 2.02. The highest BCUT2D eigenvalue weighted by Crippen LogP contribution is 2.07. The van der Waals surface area contributed by atoms with Gasteiger partial charge in [0.2, 0.25) is 11.8 Å². The largest absolute Gasteiger partial charge is 0.350 e. The zero-order valence-corrected chi connectivity index (χ0v) is 11.5. The first-order chi connectivity index (χ1) is 7.65. The molecule has 0 fully saturated rings. The van der Waals surface area contributed by atoms with Gasteiger partial charge in [-0.15, -0.1) is 0 Å². The molecule has 0 heterocycles. The van der Waals surface area contributed by atoms with Gasteiger partial charge in [-0.2, -0.15) is 0 Å². The molecule has 2 amide bonds. The van der Waals surface area contributed by atoms with Crippen molar-refractivity contribution in [2.24, 2.45) is 5.92 Å². The molecule has 0 aromatic heterocycles. The van der Waals surface area contributed by atoms with Crippen molar-refractivity contribution in [2.45, 2.75) is 52.6 Å². The normalized spacial score (nSPS) is 13.1. The molecule has 0 aliphatic carbocycles. The molecule has 17 heavy (non-hydrogen) atoms. The Morgan fingerprint density at radius 1 is 1.29 bits per heavy atom. The standard InChI is InChI=1S/C13H24N2O2/c1-7-11(16)14-10(8-9(2)3)12(17)15-13(4,5)6/h7,9-10H,1,8H2,2-6H3,(H,14,16)(H,15,17)/t10-/m0/s1. The Kier molecular flexibility index (Phi) is 5.93. The van der Waals surface area contributed by atoms with E-state index in [0.29, 0.717) is 12.3 Å². The van der Waals surface area contributed by atoms with Gasteiger partial charge < -0.3 is 10.6 Å². The van der Waals surface area contributed by atoms with E-state index in [1.165, 1.54) is 6.08 Å². The summed E-state index contributed by atoms with van der Waals surface area (Å²) in [5.41, 5.74) is -0.300. The maximum absolute atomic E-state index is 12.0. The van der Waals surface area contributed by atoms with Gasteiger partial charge in [0, 0.05) is 5.54 Å². The minimum Gasteiger partial charge on any atom is -0.350 e. The molecule has 0 saturated heterocycles. The Morgan fingerprint density at radius 3 is 2.18 bits per heavy atom. The minimum atomic E-state index is -0.500. The van der Waals surface area contributed by atoms with Crippen LogP contribution in [0.3, 0.4) is 0 Å². The number of rotatable bonds is 5. The molecule has 4 nitrogen and oxygen atoms in total. The number of carbonyl (C=O) groups is 2. The molecule has 0 spiro atoms. The molecule has 0 aromatic rings. The first-order valence-electron chi connectivity index (χ1n) is 5.90. The highest BCUT2D eigenvalue weighted by molar-refractivity contribution is 5.92. The van der Waals surface area contributed by atoms with E-state index < -0.39 is 6.04 Å². The molecule has 0 unspecified atom stereocenters. The van der Waals surface area contributed by atoms with Crippen LogP contribution in [0.5, 0.6) is 0 Å². The molecular formula is C13H24N2O2. The maximum atomic E-state index is 12.0. The SMILES string of the molecule is C=CC(=O)N[C@@H](CC(C)C)C(=O)NC(C)(C)C. The van der Waals surface area contributed by atoms with Crippen molar-refractivity contribution < 1.29 is 9.59 Å². The molecule has 0 aliphatic heterocycles. The van der Waals surface area contributed by atoms with Gasteiger partial charge in [0.25, 0.3) is 0 Å². The third-order valence-electron chi connectivity index (χ3n) is 2.02. The summed E-state index contributed by atoms with van der Waals surface area (Å²) < 4.78 is 0. The summed E-state index contributed by atoms with van der Waals surface area (Å²) in [7, 11) is 0. The second-order valence-corrected chi connectivity index (χ2v) is 5.63. The number of hydrogen-bond acceptors (Lipinski definition) is 2. The Labute approximate surface area is 104 Å². The van der Waals surface area contributed by atoms with E-state index in [9.17, 15) is 9.59 Å². The van der Waals surface area contributed by atoms with E-state index in [1.54, 1.807) is 0 Å². The van der Waals surface area contributed by atoms with Crippen LogP contribution >= 0.6 is 0 Å². The zero-order valence-electron chi connectivity index (χ0n) is 11.5. The quantitative estimate of drug-likeness (QED) is 0.717. The van der Waals surface area contributed by atoms with E-state index in [0.717, 1.165) is 0 Å². The molecule has 0 rings (SSSR count). The van der Waals surface area contributed by atoms with Crippen LogP contribution in [0.1, 0.15) is 41.0 Å². The van der Waals surface area contributed by atoms with Gasteiger partial charge in [-0.25, -0.2) is 0 Å². The second kappa shape index (κ2) is 6.42. The van der Waals surface area contributed by atoms with Gasteiger partial charge >= 0.3 is 0 Å². The van der Waals surface area contributed by atoms with E-state index in [-0.39, 0.29) is 17.4 Å². The summed E-state index contributed by atoms with van der Waals surface area (Å²) in [5.74, 6) is -0.142. The lowest BCUT2D eigenvalue weighted by molar-refractivity contribution is -0.128. The fraction of sp³-hybridized carbons (Fsp3) is 0.692. The zero-order chi connectivity index (χ0) is 13.6. The van der Waals surface area contributed by atoms with Gasteiger partial charge in [0.15, 0.2) is 0 Å². The number of carbonyl (C=O) groups excluding carboxylic acids is 2. The fourth-order valence-electron chi connectivity index (χ4n) is 1.39. The lowest BCUT2D eigenvalue weighted by Crippen LogP contribution is -2.52. The second-order valence-electron chi connectivity index (χ2n) is 5.63. The summed E-state index contributed by atoms with van der Waals surface area (Å²) in [4.78, 5) is 23.3. The Morgan fingerprint density at radius 2 is 1.82 bits per heavy atom. The fourth-order valence-corrected chi connectivity index (χ4v) is 1.39. The Balaban J connectivity index is 4.61. The van der Waals surface area contributed by atoms with Crippen LogP contribution in [-0.2, 0) is 9.59 Å². The summed E-state index contributed by atoms with van der Waals surface area (Å²) in [6, 6.07) is -0.500. The highest BCUT2D eigenvalue weighted by atomic mass is 16.2. The van der Waals surface area contributed by atoms with Crippen LogP contribution in [0, 0.1) is 5.92 Å². The van der Waals surface area contributed by atoms with Crippen molar-refractivity contribution >= 4 is 11.8 Å². The number of hydrogen-bond donors (Lipinski definition) is 2. The van der Waals surface area contributed by atoms with Crippen LogP contribution in [0.15, 0.2) is 12.7 Å². The lowest BCUT2D eigenvalue weighted by atomic mass is 10.0. The van der Waals surface area contributed by atoms with Crippen molar-refractivity contribution in [2.75, 3.05) is 0 Å². The first-order valence-corrected chi connectivity index (χ1v) is 5.90. The summed E-state index contributed by atoms with van der Waals surface area (Å²) >= 11 is 0. The minimum absolute atomic E-state index is 0.151. The highest BCUT2D eigenvalue weighted by Gasteiger charge is 2.24. The third kappa shape index (κ3) is 7.55.